The van der Waals surface area contributed by atoms with Crippen LogP contribution in [0.2, 0.25) is 0 Å². The second-order valence-corrected chi connectivity index (χ2v) is 7.93. The van der Waals surface area contributed by atoms with Crippen LogP contribution in [0.1, 0.15) is 26.3 Å². The summed E-state index contributed by atoms with van der Waals surface area (Å²) in [6.45, 7) is 9.29. The van der Waals surface area contributed by atoms with Crippen LogP contribution >= 0.6 is 0 Å². The molecule has 0 aliphatic carbocycles. The third-order valence-corrected chi connectivity index (χ3v) is 6.14. The van der Waals surface area contributed by atoms with Gasteiger partial charge in [0.2, 0.25) is 10.0 Å². The fourth-order valence-electron chi connectivity index (χ4n) is 2.89. The minimum atomic E-state index is -3.78. The molecule has 0 spiro atoms. The van der Waals surface area contributed by atoms with E-state index in [9.17, 15) is 13.2 Å². The molecule has 1 aromatic carbocycles. The second-order valence-electron chi connectivity index (χ2n) is 6.02. The summed E-state index contributed by atoms with van der Waals surface area (Å²) in [5, 5.41) is 0. The third-order valence-electron chi connectivity index (χ3n) is 4.22. The summed E-state index contributed by atoms with van der Waals surface area (Å²) in [6, 6.07) is 3.22. The van der Waals surface area contributed by atoms with Crippen molar-refractivity contribution >= 4 is 16.1 Å². The molecule has 1 amide bonds. The van der Waals surface area contributed by atoms with Gasteiger partial charge in [-0.1, -0.05) is 0 Å². The molecule has 9 heteroatoms. The Morgan fingerprint density at radius 2 is 1.56 bits per heavy atom. The van der Waals surface area contributed by atoms with E-state index in [4.69, 9.17) is 14.2 Å². The number of nitrogens with zero attached hydrogens (tertiary/aromatic N) is 2. The molecule has 0 N–H and O–H groups in total. The number of sulfonamides is 1. The molecule has 2 rings (SSSR count). The van der Waals surface area contributed by atoms with Crippen LogP contribution in [0.5, 0.6) is 11.5 Å². The summed E-state index contributed by atoms with van der Waals surface area (Å²) in [4.78, 5) is 13.4. The van der Waals surface area contributed by atoms with Crippen LogP contribution in [0.3, 0.4) is 0 Å². The van der Waals surface area contributed by atoms with Crippen LogP contribution in [-0.2, 0) is 14.8 Å². The maximum absolute atomic E-state index is 13.2. The third kappa shape index (κ3) is 4.84. The van der Waals surface area contributed by atoms with E-state index in [0.29, 0.717) is 31.3 Å². The second kappa shape index (κ2) is 9.27. The van der Waals surface area contributed by atoms with E-state index in [1.54, 1.807) is 19.9 Å². The van der Waals surface area contributed by atoms with Gasteiger partial charge in [-0.25, -0.2) is 13.2 Å². The van der Waals surface area contributed by atoms with Crippen molar-refractivity contribution in [2.75, 3.05) is 46.0 Å². The van der Waals surface area contributed by atoms with Crippen LogP contribution in [0.15, 0.2) is 17.0 Å². The molecule has 1 aromatic rings. The largest absolute Gasteiger partial charge is 0.494 e. The number of benzene rings is 1. The highest BCUT2D eigenvalue weighted by Crippen LogP contribution is 2.34. The van der Waals surface area contributed by atoms with Gasteiger partial charge >= 0.3 is 6.09 Å². The summed E-state index contributed by atoms with van der Waals surface area (Å²) in [5.74, 6) is 0.830. The Morgan fingerprint density at radius 1 is 0.963 bits per heavy atom. The number of piperazine rings is 1. The first kappa shape index (κ1) is 21.3. The minimum Gasteiger partial charge on any atom is -0.494 e. The molecule has 0 atom stereocenters. The van der Waals surface area contributed by atoms with E-state index < -0.39 is 16.1 Å². The van der Waals surface area contributed by atoms with Gasteiger partial charge < -0.3 is 19.1 Å². The van der Waals surface area contributed by atoms with Crippen LogP contribution in [-0.4, -0.2) is 69.7 Å². The Hall–Kier alpha value is -2.00. The first-order chi connectivity index (χ1) is 12.8. The number of carbonyl (C=O) groups excluding carboxylic acids is 1. The lowest BCUT2D eigenvalue weighted by Gasteiger charge is -2.33. The fourth-order valence-corrected chi connectivity index (χ4v) is 4.44. The molecule has 8 nitrogen and oxygen atoms in total. The highest BCUT2D eigenvalue weighted by Gasteiger charge is 2.33. The zero-order chi connectivity index (χ0) is 20.0. The molecule has 152 valence electrons. The highest BCUT2D eigenvalue weighted by molar-refractivity contribution is 7.89. The predicted molar refractivity (Wildman–Crippen MR) is 101 cm³/mol. The van der Waals surface area contributed by atoms with Gasteiger partial charge in [-0.3, -0.25) is 0 Å². The van der Waals surface area contributed by atoms with Gasteiger partial charge in [-0.2, -0.15) is 4.31 Å². The number of amides is 1. The normalized spacial score (nSPS) is 15.5. The minimum absolute atomic E-state index is 0.0861. The maximum Gasteiger partial charge on any atom is 0.409 e. The van der Waals surface area contributed by atoms with Crippen LogP contribution in [0.25, 0.3) is 0 Å². The lowest BCUT2D eigenvalue weighted by atomic mass is 10.2. The van der Waals surface area contributed by atoms with Crippen molar-refractivity contribution in [3.8, 4) is 11.5 Å². The molecule has 1 saturated heterocycles. The van der Waals surface area contributed by atoms with E-state index in [2.05, 4.69) is 0 Å². The van der Waals surface area contributed by atoms with Crippen molar-refractivity contribution in [3.63, 3.8) is 0 Å². The van der Waals surface area contributed by atoms with Crippen molar-refractivity contribution in [3.05, 3.63) is 17.7 Å². The van der Waals surface area contributed by atoms with Crippen molar-refractivity contribution in [1.82, 2.24) is 9.21 Å². The molecule has 1 aliphatic heterocycles. The molecule has 1 heterocycles. The first-order valence-electron chi connectivity index (χ1n) is 9.17. The number of aryl methyl sites for hydroxylation is 1. The van der Waals surface area contributed by atoms with Crippen molar-refractivity contribution in [1.29, 1.82) is 0 Å². The van der Waals surface area contributed by atoms with Crippen LogP contribution in [0.4, 0.5) is 4.79 Å². The zero-order valence-electron chi connectivity index (χ0n) is 16.4. The molecule has 1 fully saturated rings. The van der Waals surface area contributed by atoms with Gasteiger partial charge in [0.15, 0.2) is 0 Å². The van der Waals surface area contributed by atoms with E-state index in [1.165, 1.54) is 15.3 Å². The van der Waals surface area contributed by atoms with Gasteiger partial charge in [-0.15, -0.1) is 0 Å². The standard InChI is InChI=1S/C18H28N2O6S/c1-5-24-15-13-17(16(25-6-2)12-14(15)4)27(22,23)20-10-8-19(9-11-20)18(21)26-7-3/h12-13H,5-11H2,1-4H3. The topological polar surface area (TPSA) is 85.4 Å². The summed E-state index contributed by atoms with van der Waals surface area (Å²) >= 11 is 0. The summed E-state index contributed by atoms with van der Waals surface area (Å²) in [5.41, 5.74) is 0.811. The van der Waals surface area contributed by atoms with Gasteiger partial charge in [0, 0.05) is 32.2 Å². The fraction of sp³-hybridized carbons (Fsp3) is 0.611. The molecule has 0 bridgehead atoms. The Bertz CT molecular complexity index is 757. The van der Waals surface area contributed by atoms with E-state index in [0.717, 1.165) is 5.56 Å². The van der Waals surface area contributed by atoms with E-state index >= 15 is 0 Å². The smallest absolute Gasteiger partial charge is 0.409 e. The highest BCUT2D eigenvalue weighted by atomic mass is 32.2. The molecule has 27 heavy (non-hydrogen) atoms. The number of hydrogen-bond donors (Lipinski definition) is 0. The van der Waals surface area contributed by atoms with Gasteiger partial charge in [-0.05, 0) is 39.3 Å². The molecule has 0 aromatic heterocycles. The van der Waals surface area contributed by atoms with Crippen LogP contribution < -0.4 is 9.47 Å². The molecule has 0 radical (unpaired) electrons. The molecule has 1 aliphatic rings. The van der Waals surface area contributed by atoms with Crippen molar-refractivity contribution < 1.29 is 27.4 Å². The van der Waals surface area contributed by atoms with E-state index in [-0.39, 0.29) is 31.1 Å². The van der Waals surface area contributed by atoms with E-state index in [1.807, 2.05) is 13.8 Å². The Balaban J connectivity index is 2.28. The molecular weight excluding hydrogens is 372 g/mol. The van der Waals surface area contributed by atoms with Crippen molar-refractivity contribution in [2.24, 2.45) is 0 Å². The quantitative estimate of drug-likeness (QED) is 0.698. The summed E-state index contributed by atoms with van der Waals surface area (Å²) < 4.78 is 43.9. The SMILES string of the molecule is CCOC(=O)N1CCN(S(=O)(=O)c2cc(OCC)c(C)cc2OCC)CC1. The average Bonchev–Trinajstić information content (AvgIpc) is 2.64. The molecule has 0 unspecified atom stereocenters. The first-order valence-corrected chi connectivity index (χ1v) is 10.6. The zero-order valence-corrected chi connectivity index (χ0v) is 17.2. The Morgan fingerprint density at radius 3 is 2.11 bits per heavy atom. The maximum atomic E-state index is 13.2. The molecule has 0 saturated carbocycles. The lowest BCUT2D eigenvalue weighted by molar-refractivity contribution is 0.0933. The molecular formula is C18H28N2O6S. The number of ether oxygens (including phenoxy) is 3. The predicted octanol–water partition coefficient (Wildman–Crippen LogP) is 2.26. The van der Waals surface area contributed by atoms with Crippen molar-refractivity contribution in [2.45, 2.75) is 32.6 Å². The average molecular weight is 400 g/mol. The lowest BCUT2D eigenvalue weighted by Crippen LogP contribution is -2.50. The van der Waals surface area contributed by atoms with Gasteiger partial charge in [0.1, 0.15) is 16.4 Å². The Labute approximate surface area is 161 Å². The van der Waals surface area contributed by atoms with Gasteiger partial charge in [0.05, 0.1) is 19.8 Å². The number of rotatable bonds is 7. The summed E-state index contributed by atoms with van der Waals surface area (Å²) in [7, 11) is -3.78. The monoisotopic (exact) mass is 400 g/mol. The summed E-state index contributed by atoms with van der Waals surface area (Å²) in [6.07, 6.45) is -0.418. The number of carbonyl (C=O) groups is 1. The van der Waals surface area contributed by atoms with Gasteiger partial charge in [0.25, 0.3) is 0 Å². The number of hydrogen-bond acceptors (Lipinski definition) is 6. The van der Waals surface area contributed by atoms with Crippen LogP contribution in [0, 0.1) is 6.92 Å². The Kier molecular flexibility index (Phi) is 7.32.